The van der Waals surface area contributed by atoms with Crippen LogP contribution in [0.15, 0.2) is 60.8 Å². The van der Waals surface area contributed by atoms with Crippen LogP contribution in [0, 0.1) is 6.92 Å². The Morgan fingerprint density at radius 2 is 1.67 bits per heavy atom. The molecule has 3 heterocycles. The predicted molar refractivity (Wildman–Crippen MR) is 118 cm³/mol. The number of aromatic nitrogens is 1. The molecule has 4 nitrogen and oxygen atoms in total. The highest BCUT2D eigenvalue weighted by atomic mass is 16.6. The van der Waals surface area contributed by atoms with E-state index in [-0.39, 0.29) is 0 Å². The molecule has 2 aliphatic heterocycles. The van der Waals surface area contributed by atoms with Gasteiger partial charge in [0.2, 0.25) is 0 Å². The van der Waals surface area contributed by atoms with Gasteiger partial charge in [-0.1, -0.05) is 36.4 Å². The van der Waals surface area contributed by atoms with Crippen LogP contribution < -0.4 is 9.47 Å². The first-order valence-corrected chi connectivity index (χ1v) is 10.9. The third kappa shape index (κ3) is 4.19. The Morgan fingerprint density at radius 1 is 0.900 bits per heavy atom. The molecule has 5 rings (SSSR count). The average molecular weight is 401 g/mol. The molecule has 3 aromatic rings. The lowest BCUT2D eigenvalue weighted by molar-refractivity contribution is 0.170. The van der Waals surface area contributed by atoms with Crippen molar-refractivity contribution in [3.05, 3.63) is 88.7 Å². The highest BCUT2D eigenvalue weighted by Gasteiger charge is 2.27. The first kappa shape index (κ1) is 19.1. The van der Waals surface area contributed by atoms with Gasteiger partial charge in [0, 0.05) is 24.5 Å². The molecule has 0 aliphatic carbocycles. The van der Waals surface area contributed by atoms with Crippen LogP contribution in [0.2, 0.25) is 0 Å². The van der Waals surface area contributed by atoms with Gasteiger partial charge in [-0.3, -0.25) is 9.88 Å². The summed E-state index contributed by atoms with van der Waals surface area (Å²) >= 11 is 0. The van der Waals surface area contributed by atoms with Gasteiger partial charge in [-0.15, -0.1) is 0 Å². The van der Waals surface area contributed by atoms with Crippen molar-refractivity contribution in [2.24, 2.45) is 0 Å². The number of nitrogens with zero attached hydrogens (tertiary/aromatic N) is 2. The van der Waals surface area contributed by atoms with E-state index in [0.29, 0.717) is 19.3 Å². The molecule has 1 fully saturated rings. The van der Waals surface area contributed by atoms with Crippen molar-refractivity contribution in [3.8, 4) is 11.5 Å². The standard InChI is InChI=1S/C26H28N2O2/c1-19-4-5-22(17-27-19)15-20-6-8-21(9-7-20)18-28-12-2-3-24(28)23-10-11-25-26(16-23)30-14-13-29-25/h4-11,16-17,24H,2-3,12-15,18H2,1H3. The third-order valence-corrected chi connectivity index (χ3v) is 6.10. The fourth-order valence-electron chi connectivity index (χ4n) is 4.50. The number of fused-ring (bicyclic) bond motifs is 1. The Labute approximate surface area is 178 Å². The van der Waals surface area contributed by atoms with E-state index in [2.05, 4.69) is 64.5 Å². The van der Waals surface area contributed by atoms with E-state index >= 15 is 0 Å². The molecule has 2 aromatic carbocycles. The number of rotatable bonds is 5. The Balaban J connectivity index is 1.26. The molecular weight excluding hydrogens is 372 g/mol. The quantitative estimate of drug-likeness (QED) is 0.598. The van der Waals surface area contributed by atoms with Gasteiger partial charge in [-0.25, -0.2) is 0 Å². The molecule has 0 bridgehead atoms. The summed E-state index contributed by atoms with van der Waals surface area (Å²) in [5.41, 5.74) is 6.35. The number of pyridine rings is 1. The van der Waals surface area contributed by atoms with Crippen molar-refractivity contribution in [3.63, 3.8) is 0 Å². The molecule has 0 spiro atoms. The van der Waals surface area contributed by atoms with Crippen LogP contribution in [0.5, 0.6) is 11.5 Å². The maximum absolute atomic E-state index is 5.80. The van der Waals surface area contributed by atoms with Crippen LogP contribution >= 0.6 is 0 Å². The molecule has 1 aromatic heterocycles. The topological polar surface area (TPSA) is 34.6 Å². The van der Waals surface area contributed by atoms with E-state index in [1.54, 1.807) is 0 Å². The van der Waals surface area contributed by atoms with Crippen molar-refractivity contribution >= 4 is 0 Å². The van der Waals surface area contributed by atoms with E-state index < -0.39 is 0 Å². The average Bonchev–Trinajstić information content (AvgIpc) is 3.24. The van der Waals surface area contributed by atoms with Crippen molar-refractivity contribution in [1.82, 2.24) is 9.88 Å². The first-order valence-electron chi connectivity index (χ1n) is 10.9. The van der Waals surface area contributed by atoms with Crippen LogP contribution in [0.4, 0.5) is 0 Å². The van der Waals surface area contributed by atoms with Crippen molar-refractivity contribution in [2.75, 3.05) is 19.8 Å². The summed E-state index contributed by atoms with van der Waals surface area (Å²) in [6, 6.07) is 20.2. The molecular formula is C26H28N2O2. The second kappa shape index (κ2) is 8.49. The van der Waals surface area contributed by atoms with E-state index in [0.717, 1.165) is 36.7 Å². The Hall–Kier alpha value is -2.85. The first-order chi connectivity index (χ1) is 14.7. The van der Waals surface area contributed by atoms with E-state index in [1.807, 2.05) is 13.1 Å². The lowest BCUT2D eigenvalue weighted by Gasteiger charge is -2.26. The normalized spacial score (nSPS) is 18.5. The van der Waals surface area contributed by atoms with Crippen LogP contribution in [0.1, 0.15) is 46.8 Å². The molecule has 1 saturated heterocycles. The molecule has 4 heteroatoms. The Kier molecular flexibility index (Phi) is 5.41. The number of benzene rings is 2. The van der Waals surface area contributed by atoms with Crippen molar-refractivity contribution < 1.29 is 9.47 Å². The van der Waals surface area contributed by atoms with Gasteiger partial charge in [-0.2, -0.15) is 0 Å². The minimum atomic E-state index is 0.444. The van der Waals surface area contributed by atoms with Crippen molar-refractivity contribution in [1.29, 1.82) is 0 Å². The number of aryl methyl sites for hydroxylation is 1. The van der Waals surface area contributed by atoms with Gasteiger partial charge >= 0.3 is 0 Å². The summed E-state index contributed by atoms with van der Waals surface area (Å²) in [5.74, 6) is 1.76. The van der Waals surface area contributed by atoms with Gasteiger partial charge in [0.15, 0.2) is 11.5 Å². The summed E-state index contributed by atoms with van der Waals surface area (Å²) in [4.78, 5) is 6.99. The van der Waals surface area contributed by atoms with Gasteiger partial charge in [0.25, 0.3) is 0 Å². The van der Waals surface area contributed by atoms with E-state index in [9.17, 15) is 0 Å². The minimum absolute atomic E-state index is 0.444. The molecule has 0 amide bonds. The van der Waals surface area contributed by atoms with Crippen LogP contribution in [-0.2, 0) is 13.0 Å². The summed E-state index contributed by atoms with van der Waals surface area (Å²) in [7, 11) is 0. The Morgan fingerprint density at radius 3 is 2.47 bits per heavy atom. The second-order valence-corrected chi connectivity index (χ2v) is 8.33. The maximum Gasteiger partial charge on any atom is 0.161 e. The van der Waals surface area contributed by atoms with Gasteiger partial charge in [0.1, 0.15) is 13.2 Å². The maximum atomic E-state index is 5.80. The fraction of sp³-hybridized carbons (Fsp3) is 0.346. The molecule has 0 N–H and O–H groups in total. The lowest BCUT2D eigenvalue weighted by Crippen LogP contribution is -2.23. The third-order valence-electron chi connectivity index (χ3n) is 6.10. The molecule has 1 atom stereocenters. The zero-order valence-electron chi connectivity index (χ0n) is 17.5. The van der Waals surface area contributed by atoms with E-state index in [1.165, 1.54) is 35.1 Å². The zero-order chi connectivity index (χ0) is 20.3. The smallest absolute Gasteiger partial charge is 0.161 e. The summed E-state index contributed by atoms with van der Waals surface area (Å²) in [5, 5.41) is 0. The predicted octanol–water partition coefficient (Wildman–Crippen LogP) is 5.09. The molecule has 2 aliphatic rings. The fourth-order valence-corrected chi connectivity index (χ4v) is 4.50. The van der Waals surface area contributed by atoms with Gasteiger partial charge < -0.3 is 9.47 Å². The number of hydrogen-bond acceptors (Lipinski definition) is 4. The molecule has 154 valence electrons. The number of likely N-dealkylation sites (tertiary alicyclic amines) is 1. The zero-order valence-corrected chi connectivity index (χ0v) is 17.5. The molecule has 0 saturated carbocycles. The van der Waals surface area contributed by atoms with Gasteiger partial charge in [-0.05, 0) is 73.2 Å². The largest absolute Gasteiger partial charge is 0.486 e. The molecule has 0 radical (unpaired) electrons. The molecule has 30 heavy (non-hydrogen) atoms. The van der Waals surface area contributed by atoms with Gasteiger partial charge in [0.05, 0.1) is 0 Å². The van der Waals surface area contributed by atoms with Crippen LogP contribution in [0.25, 0.3) is 0 Å². The molecule has 1 unspecified atom stereocenters. The summed E-state index contributed by atoms with van der Waals surface area (Å²) in [6.45, 7) is 5.41. The summed E-state index contributed by atoms with van der Waals surface area (Å²) in [6.07, 6.45) is 5.33. The highest BCUT2D eigenvalue weighted by molar-refractivity contribution is 5.45. The monoisotopic (exact) mass is 400 g/mol. The number of ether oxygens (including phenoxy) is 2. The summed E-state index contributed by atoms with van der Waals surface area (Å²) < 4.78 is 11.5. The minimum Gasteiger partial charge on any atom is -0.486 e. The SMILES string of the molecule is Cc1ccc(Cc2ccc(CN3CCCC3c3ccc4c(c3)OCCO4)cc2)cn1. The Bertz CT molecular complexity index is 999. The van der Waals surface area contributed by atoms with Crippen LogP contribution in [0.3, 0.4) is 0 Å². The van der Waals surface area contributed by atoms with E-state index in [4.69, 9.17) is 9.47 Å². The van der Waals surface area contributed by atoms with Crippen LogP contribution in [-0.4, -0.2) is 29.6 Å². The lowest BCUT2D eigenvalue weighted by atomic mass is 10.0. The number of hydrogen-bond donors (Lipinski definition) is 0. The highest BCUT2D eigenvalue weighted by Crippen LogP contribution is 2.38. The second-order valence-electron chi connectivity index (χ2n) is 8.33. The van der Waals surface area contributed by atoms with Crippen molar-refractivity contribution in [2.45, 2.75) is 38.8 Å².